The van der Waals surface area contributed by atoms with E-state index in [0.717, 1.165) is 0 Å². The standard InChI is InChI=1S/C17H17F2NO4/c1-22-14-7-2-3-8-15(14)23-10-9-20-16(21)12-5-4-6-13(11-12)24-17(18)19/h2-8,11,17H,9-10H2,1H3,(H,20,21). The summed E-state index contributed by atoms with van der Waals surface area (Å²) in [6.45, 7) is -2.45. The van der Waals surface area contributed by atoms with E-state index < -0.39 is 12.5 Å². The molecule has 0 aromatic heterocycles. The molecule has 0 aliphatic carbocycles. The van der Waals surface area contributed by atoms with Crippen molar-refractivity contribution in [3.8, 4) is 17.2 Å². The highest BCUT2D eigenvalue weighted by Crippen LogP contribution is 2.25. The van der Waals surface area contributed by atoms with E-state index in [0.29, 0.717) is 11.5 Å². The summed E-state index contributed by atoms with van der Waals surface area (Å²) in [5.41, 5.74) is 0.227. The van der Waals surface area contributed by atoms with Gasteiger partial charge in [0.25, 0.3) is 5.91 Å². The van der Waals surface area contributed by atoms with Crippen molar-refractivity contribution in [2.75, 3.05) is 20.3 Å². The van der Waals surface area contributed by atoms with Crippen LogP contribution in [0.1, 0.15) is 10.4 Å². The van der Waals surface area contributed by atoms with Gasteiger partial charge in [-0.1, -0.05) is 18.2 Å². The number of methoxy groups -OCH3 is 1. The fourth-order valence-corrected chi connectivity index (χ4v) is 1.98. The summed E-state index contributed by atoms with van der Waals surface area (Å²) in [5.74, 6) is 0.698. The third-order valence-corrected chi connectivity index (χ3v) is 3.04. The van der Waals surface area contributed by atoms with E-state index in [4.69, 9.17) is 9.47 Å². The van der Waals surface area contributed by atoms with E-state index in [1.807, 2.05) is 12.1 Å². The maximum atomic E-state index is 12.2. The molecule has 2 aromatic carbocycles. The number of para-hydroxylation sites is 2. The fraction of sp³-hybridized carbons (Fsp3) is 0.235. The van der Waals surface area contributed by atoms with E-state index in [9.17, 15) is 13.6 Å². The summed E-state index contributed by atoms with van der Waals surface area (Å²) in [6, 6.07) is 12.7. The van der Waals surface area contributed by atoms with Crippen LogP contribution in [0.4, 0.5) is 8.78 Å². The third kappa shape index (κ3) is 5.12. The second kappa shape index (κ2) is 8.71. The van der Waals surface area contributed by atoms with E-state index in [1.165, 1.54) is 24.3 Å². The zero-order chi connectivity index (χ0) is 17.4. The predicted octanol–water partition coefficient (Wildman–Crippen LogP) is 3.11. The summed E-state index contributed by atoms with van der Waals surface area (Å²) >= 11 is 0. The number of benzene rings is 2. The second-order valence-electron chi connectivity index (χ2n) is 4.66. The van der Waals surface area contributed by atoms with Gasteiger partial charge >= 0.3 is 6.61 Å². The van der Waals surface area contributed by atoms with Gasteiger partial charge in [-0.15, -0.1) is 0 Å². The average Bonchev–Trinajstić information content (AvgIpc) is 2.58. The van der Waals surface area contributed by atoms with Gasteiger partial charge in [0.1, 0.15) is 12.4 Å². The Bertz CT molecular complexity index is 679. The van der Waals surface area contributed by atoms with Crippen molar-refractivity contribution in [3.05, 3.63) is 54.1 Å². The van der Waals surface area contributed by atoms with Crippen molar-refractivity contribution in [1.82, 2.24) is 5.32 Å². The number of hydrogen-bond acceptors (Lipinski definition) is 4. The van der Waals surface area contributed by atoms with Crippen LogP contribution < -0.4 is 19.5 Å². The van der Waals surface area contributed by atoms with Crippen LogP contribution >= 0.6 is 0 Å². The number of halogens is 2. The Labute approximate surface area is 138 Å². The van der Waals surface area contributed by atoms with Crippen LogP contribution in [0.2, 0.25) is 0 Å². The highest BCUT2D eigenvalue weighted by atomic mass is 19.3. The second-order valence-corrected chi connectivity index (χ2v) is 4.66. The molecule has 128 valence electrons. The van der Waals surface area contributed by atoms with Gasteiger partial charge in [-0.25, -0.2) is 0 Å². The summed E-state index contributed by atoms with van der Waals surface area (Å²) in [6.07, 6.45) is 0. The van der Waals surface area contributed by atoms with E-state index in [-0.39, 0.29) is 24.5 Å². The molecular weight excluding hydrogens is 320 g/mol. The van der Waals surface area contributed by atoms with Crippen LogP contribution in [0.5, 0.6) is 17.2 Å². The fourth-order valence-electron chi connectivity index (χ4n) is 1.98. The van der Waals surface area contributed by atoms with Gasteiger partial charge in [-0.05, 0) is 30.3 Å². The van der Waals surface area contributed by atoms with Crippen LogP contribution in [-0.4, -0.2) is 32.8 Å². The molecule has 0 saturated heterocycles. The number of hydrogen-bond donors (Lipinski definition) is 1. The Kier molecular flexibility index (Phi) is 6.36. The lowest BCUT2D eigenvalue weighted by Crippen LogP contribution is -2.28. The van der Waals surface area contributed by atoms with Gasteiger partial charge in [0.15, 0.2) is 11.5 Å². The zero-order valence-corrected chi connectivity index (χ0v) is 13.0. The monoisotopic (exact) mass is 337 g/mol. The Balaban J connectivity index is 1.83. The minimum atomic E-state index is -2.93. The first-order chi connectivity index (χ1) is 11.6. The maximum Gasteiger partial charge on any atom is 0.387 e. The lowest BCUT2D eigenvalue weighted by atomic mass is 10.2. The Morgan fingerprint density at radius 3 is 2.58 bits per heavy atom. The highest BCUT2D eigenvalue weighted by Gasteiger charge is 2.09. The Hall–Kier alpha value is -2.83. The van der Waals surface area contributed by atoms with Crippen LogP contribution in [0.3, 0.4) is 0 Å². The van der Waals surface area contributed by atoms with Crippen LogP contribution in [0, 0.1) is 0 Å². The Morgan fingerprint density at radius 1 is 1.12 bits per heavy atom. The van der Waals surface area contributed by atoms with E-state index >= 15 is 0 Å². The van der Waals surface area contributed by atoms with Crippen LogP contribution in [0.15, 0.2) is 48.5 Å². The lowest BCUT2D eigenvalue weighted by molar-refractivity contribution is -0.0498. The normalized spacial score (nSPS) is 10.3. The predicted molar refractivity (Wildman–Crippen MR) is 83.9 cm³/mol. The number of amides is 1. The molecule has 24 heavy (non-hydrogen) atoms. The largest absolute Gasteiger partial charge is 0.493 e. The summed E-state index contributed by atoms with van der Waals surface area (Å²) < 4.78 is 39.3. The van der Waals surface area contributed by atoms with Crippen LogP contribution in [-0.2, 0) is 0 Å². The van der Waals surface area contributed by atoms with Crippen LogP contribution in [0.25, 0.3) is 0 Å². The number of ether oxygens (including phenoxy) is 3. The number of carbonyl (C=O) groups is 1. The van der Waals surface area contributed by atoms with Gasteiger partial charge in [0, 0.05) is 5.56 Å². The van der Waals surface area contributed by atoms with Crippen molar-refractivity contribution in [2.24, 2.45) is 0 Å². The molecule has 1 amide bonds. The van der Waals surface area contributed by atoms with E-state index in [1.54, 1.807) is 19.2 Å². The van der Waals surface area contributed by atoms with Crippen molar-refractivity contribution in [1.29, 1.82) is 0 Å². The minimum Gasteiger partial charge on any atom is -0.493 e. The molecule has 0 saturated carbocycles. The molecule has 0 fully saturated rings. The molecular formula is C17H17F2NO4. The smallest absolute Gasteiger partial charge is 0.387 e. The summed E-state index contributed by atoms with van der Waals surface area (Å²) in [7, 11) is 1.54. The summed E-state index contributed by atoms with van der Waals surface area (Å²) in [4.78, 5) is 12.0. The first-order valence-corrected chi connectivity index (χ1v) is 7.19. The molecule has 0 atom stereocenters. The topological polar surface area (TPSA) is 56.8 Å². The van der Waals surface area contributed by atoms with Gasteiger partial charge in [0.2, 0.25) is 0 Å². The highest BCUT2D eigenvalue weighted by molar-refractivity contribution is 5.94. The quantitative estimate of drug-likeness (QED) is 0.752. The number of carbonyl (C=O) groups excluding carboxylic acids is 1. The molecule has 0 aliphatic heterocycles. The van der Waals surface area contributed by atoms with Crippen molar-refractivity contribution in [2.45, 2.75) is 6.61 Å². The molecule has 0 bridgehead atoms. The van der Waals surface area contributed by atoms with Crippen molar-refractivity contribution in [3.63, 3.8) is 0 Å². The average molecular weight is 337 g/mol. The number of nitrogens with one attached hydrogen (secondary N) is 1. The van der Waals surface area contributed by atoms with Crippen molar-refractivity contribution < 1.29 is 27.8 Å². The molecule has 0 unspecified atom stereocenters. The summed E-state index contributed by atoms with van der Waals surface area (Å²) in [5, 5.41) is 2.64. The molecule has 7 heteroatoms. The third-order valence-electron chi connectivity index (χ3n) is 3.04. The van der Waals surface area contributed by atoms with Gasteiger partial charge in [-0.2, -0.15) is 8.78 Å². The van der Waals surface area contributed by atoms with Gasteiger partial charge < -0.3 is 19.5 Å². The number of rotatable bonds is 8. The molecule has 2 rings (SSSR count). The lowest BCUT2D eigenvalue weighted by Gasteiger charge is -2.11. The molecule has 0 radical (unpaired) electrons. The SMILES string of the molecule is COc1ccccc1OCCNC(=O)c1cccc(OC(F)F)c1. The Morgan fingerprint density at radius 2 is 1.88 bits per heavy atom. The zero-order valence-electron chi connectivity index (χ0n) is 13.0. The molecule has 0 aliphatic rings. The molecule has 5 nitrogen and oxygen atoms in total. The molecule has 2 aromatic rings. The molecule has 0 heterocycles. The minimum absolute atomic E-state index is 0.0667. The molecule has 1 N–H and O–H groups in total. The first-order valence-electron chi connectivity index (χ1n) is 7.19. The maximum absolute atomic E-state index is 12.2. The number of alkyl halides is 2. The van der Waals surface area contributed by atoms with Crippen molar-refractivity contribution >= 4 is 5.91 Å². The first kappa shape index (κ1) is 17.5. The van der Waals surface area contributed by atoms with Gasteiger partial charge in [-0.3, -0.25) is 4.79 Å². The molecule has 0 spiro atoms. The van der Waals surface area contributed by atoms with Gasteiger partial charge in [0.05, 0.1) is 13.7 Å². The van der Waals surface area contributed by atoms with E-state index in [2.05, 4.69) is 10.1 Å².